The molecule has 1 aromatic heterocycles. The van der Waals surface area contributed by atoms with Crippen LogP contribution in [0.2, 0.25) is 0 Å². The van der Waals surface area contributed by atoms with E-state index in [2.05, 4.69) is 10.6 Å². The number of carbonyl (C=O) groups excluding carboxylic acids is 3. The molecule has 0 spiro atoms. The van der Waals surface area contributed by atoms with Crippen molar-refractivity contribution in [1.82, 2.24) is 5.32 Å². The Morgan fingerprint density at radius 1 is 1.04 bits per heavy atom. The third-order valence-corrected chi connectivity index (χ3v) is 6.15. The van der Waals surface area contributed by atoms with Crippen LogP contribution in [-0.2, 0) is 4.74 Å². The van der Waals surface area contributed by atoms with Crippen LogP contribution in [0.15, 0.2) is 30.3 Å². The number of nitrogens with one attached hydrogen (secondary N) is 2. The number of rotatable bonds is 5. The molecule has 28 heavy (non-hydrogen) atoms. The topological polar surface area (TPSA) is 84.5 Å². The molecule has 0 atom stereocenters. The van der Waals surface area contributed by atoms with Gasteiger partial charge in [-0.2, -0.15) is 0 Å². The van der Waals surface area contributed by atoms with Gasteiger partial charge in [0.25, 0.3) is 11.8 Å². The molecular weight excluding hydrogens is 376 g/mol. The summed E-state index contributed by atoms with van der Waals surface area (Å²) in [7, 11) is 1.28. The predicted molar refractivity (Wildman–Crippen MR) is 109 cm³/mol. The van der Waals surface area contributed by atoms with Crippen LogP contribution in [0.4, 0.5) is 5.00 Å². The Balaban J connectivity index is 1.86. The van der Waals surface area contributed by atoms with Crippen molar-refractivity contribution in [2.75, 3.05) is 12.4 Å². The first kappa shape index (κ1) is 20.1. The lowest BCUT2D eigenvalue weighted by Gasteiger charge is -2.22. The third kappa shape index (κ3) is 4.42. The molecule has 6 nitrogen and oxygen atoms in total. The molecule has 0 unspecified atom stereocenters. The number of esters is 1. The zero-order valence-electron chi connectivity index (χ0n) is 16.0. The van der Waals surface area contributed by atoms with Crippen LogP contribution in [0.25, 0.3) is 0 Å². The Morgan fingerprint density at radius 2 is 1.71 bits per heavy atom. The molecule has 2 aromatic rings. The summed E-state index contributed by atoms with van der Waals surface area (Å²) >= 11 is 1.10. The van der Waals surface area contributed by atoms with E-state index in [1.807, 2.05) is 6.07 Å². The molecule has 1 aromatic carbocycles. The van der Waals surface area contributed by atoms with E-state index in [1.165, 1.54) is 13.5 Å². The first-order chi connectivity index (χ1) is 13.5. The number of carbonyl (C=O) groups is 3. The van der Waals surface area contributed by atoms with Crippen LogP contribution >= 0.6 is 11.3 Å². The maximum absolute atomic E-state index is 12.8. The Bertz CT molecular complexity index is 870. The van der Waals surface area contributed by atoms with E-state index >= 15 is 0 Å². The summed E-state index contributed by atoms with van der Waals surface area (Å²) in [6.07, 6.45) is 5.36. The first-order valence-corrected chi connectivity index (χ1v) is 10.2. The van der Waals surface area contributed by atoms with Crippen LogP contribution in [0, 0.1) is 6.92 Å². The normalized spacial score (nSPS) is 14.4. The van der Waals surface area contributed by atoms with Crippen LogP contribution in [0.3, 0.4) is 0 Å². The standard InChI is InChI=1S/C21H24N2O4S/c1-13-16(21(26)27-2)20(23-18(24)14-9-5-3-6-10-14)28-17(13)19(25)22-15-11-7-4-8-12-15/h3,5-6,9-10,15H,4,7-8,11-12H2,1-2H3,(H,22,25)(H,23,24). The van der Waals surface area contributed by atoms with Gasteiger partial charge in [-0.15, -0.1) is 11.3 Å². The van der Waals surface area contributed by atoms with Gasteiger partial charge < -0.3 is 15.4 Å². The fourth-order valence-electron chi connectivity index (χ4n) is 3.43. The van der Waals surface area contributed by atoms with Crippen molar-refractivity contribution in [1.29, 1.82) is 0 Å². The average molecular weight is 401 g/mol. The van der Waals surface area contributed by atoms with Gasteiger partial charge in [0.2, 0.25) is 0 Å². The highest BCUT2D eigenvalue weighted by atomic mass is 32.1. The Labute approximate surface area is 168 Å². The molecule has 1 aliphatic rings. The van der Waals surface area contributed by atoms with Crippen molar-refractivity contribution in [2.45, 2.75) is 45.1 Å². The second-order valence-corrected chi connectivity index (χ2v) is 7.90. The molecule has 1 fully saturated rings. The maximum atomic E-state index is 12.8. The van der Waals surface area contributed by atoms with Gasteiger partial charge in [-0.3, -0.25) is 9.59 Å². The minimum absolute atomic E-state index is 0.159. The number of anilines is 1. The molecule has 1 aliphatic carbocycles. The molecule has 1 saturated carbocycles. The number of ether oxygens (including phenoxy) is 1. The number of hydrogen-bond acceptors (Lipinski definition) is 5. The summed E-state index contributed by atoms with van der Waals surface area (Å²) in [4.78, 5) is 38.1. The molecule has 7 heteroatoms. The average Bonchev–Trinajstić information content (AvgIpc) is 3.04. The lowest BCUT2D eigenvalue weighted by atomic mass is 9.95. The summed E-state index contributed by atoms with van der Waals surface area (Å²) < 4.78 is 4.87. The van der Waals surface area contributed by atoms with Crippen molar-refractivity contribution < 1.29 is 19.1 Å². The molecular formula is C21H24N2O4S. The van der Waals surface area contributed by atoms with Gasteiger partial charge in [-0.25, -0.2) is 4.79 Å². The molecule has 1 heterocycles. The van der Waals surface area contributed by atoms with Crippen LogP contribution < -0.4 is 10.6 Å². The monoisotopic (exact) mass is 400 g/mol. The van der Waals surface area contributed by atoms with E-state index in [0.29, 0.717) is 21.0 Å². The van der Waals surface area contributed by atoms with E-state index in [-0.39, 0.29) is 23.4 Å². The van der Waals surface area contributed by atoms with Gasteiger partial charge in [0, 0.05) is 11.6 Å². The molecule has 0 aliphatic heterocycles. The summed E-state index contributed by atoms with van der Waals surface area (Å²) in [6.45, 7) is 1.71. The second kappa shape index (κ2) is 9.01. The van der Waals surface area contributed by atoms with E-state index < -0.39 is 5.97 Å². The molecule has 0 radical (unpaired) electrons. The highest BCUT2D eigenvalue weighted by Gasteiger charge is 2.27. The minimum atomic E-state index is -0.575. The van der Waals surface area contributed by atoms with E-state index in [9.17, 15) is 14.4 Å². The smallest absolute Gasteiger partial charge is 0.341 e. The summed E-state index contributed by atoms with van der Waals surface area (Å²) in [5, 5.41) is 6.15. The van der Waals surface area contributed by atoms with Crippen LogP contribution in [0.5, 0.6) is 0 Å². The lowest BCUT2D eigenvalue weighted by molar-refractivity contribution is 0.0601. The molecule has 2 amide bonds. The van der Waals surface area contributed by atoms with Crippen molar-refractivity contribution in [3.63, 3.8) is 0 Å². The van der Waals surface area contributed by atoms with Crippen LogP contribution in [0.1, 0.15) is 68.1 Å². The maximum Gasteiger partial charge on any atom is 0.341 e. The quantitative estimate of drug-likeness (QED) is 0.738. The van der Waals surface area contributed by atoms with Gasteiger partial charge in [0.15, 0.2) is 0 Å². The van der Waals surface area contributed by atoms with Crippen molar-refractivity contribution >= 4 is 34.1 Å². The highest BCUT2D eigenvalue weighted by molar-refractivity contribution is 7.18. The number of benzene rings is 1. The fraction of sp³-hybridized carbons (Fsp3) is 0.381. The fourth-order valence-corrected chi connectivity index (χ4v) is 4.52. The second-order valence-electron chi connectivity index (χ2n) is 6.88. The largest absolute Gasteiger partial charge is 0.465 e. The van der Waals surface area contributed by atoms with Crippen molar-refractivity contribution in [3.8, 4) is 0 Å². The summed E-state index contributed by atoms with van der Waals surface area (Å²) in [6, 6.07) is 8.87. The summed E-state index contributed by atoms with van der Waals surface area (Å²) in [5.41, 5.74) is 1.22. The van der Waals surface area contributed by atoms with E-state index in [0.717, 1.165) is 37.0 Å². The van der Waals surface area contributed by atoms with Crippen molar-refractivity contribution in [3.05, 3.63) is 51.9 Å². The van der Waals surface area contributed by atoms with Gasteiger partial charge in [0.05, 0.1) is 17.6 Å². The van der Waals surface area contributed by atoms with E-state index in [4.69, 9.17) is 4.74 Å². The zero-order chi connectivity index (χ0) is 20.1. The number of hydrogen-bond donors (Lipinski definition) is 2. The molecule has 0 saturated heterocycles. The van der Waals surface area contributed by atoms with Crippen LogP contribution in [-0.4, -0.2) is 30.9 Å². The zero-order valence-corrected chi connectivity index (χ0v) is 16.9. The number of methoxy groups -OCH3 is 1. The van der Waals surface area contributed by atoms with Gasteiger partial charge in [-0.1, -0.05) is 37.5 Å². The van der Waals surface area contributed by atoms with Gasteiger partial charge in [-0.05, 0) is 37.5 Å². The Morgan fingerprint density at radius 3 is 2.36 bits per heavy atom. The minimum Gasteiger partial charge on any atom is -0.465 e. The van der Waals surface area contributed by atoms with E-state index in [1.54, 1.807) is 31.2 Å². The SMILES string of the molecule is COC(=O)c1c(NC(=O)c2ccccc2)sc(C(=O)NC2CCCCC2)c1C. The summed E-state index contributed by atoms with van der Waals surface area (Å²) in [5.74, 6) is -1.13. The molecule has 0 bridgehead atoms. The predicted octanol–water partition coefficient (Wildman–Crippen LogP) is 4.16. The number of amides is 2. The van der Waals surface area contributed by atoms with Crippen molar-refractivity contribution in [2.24, 2.45) is 0 Å². The lowest BCUT2D eigenvalue weighted by Crippen LogP contribution is -2.36. The van der Waals surface area contributed by atoms with Gasteiger partial charge in [0.1, 0.15) is 5.00 Å². The van der Waals surface area contributed by atoms with Gasteiger partial charge >= 0.3 is 5.97 Å². The first-order valence-electron chi connectivity index (χ1n) is 9.40. The number of thiophene rings is 1. The Hall–Kier alpha value is -2.67. The molecule has 3 rings (SSSR count). The Kier molecular flexibility index (Phi) is 6.46. The third-order valence-electron chi connectivity index (χ3n) is 4.95. The molecule has 2 N–H and O–H groups in total. The molecule has 148 valence electrons. The highest BCUT2D eigenvalue weighted by Crippen LogP contribution is 2.34.